The van der Waals surface area contributed by atoms with Gasteiger partial charge in [0.2, 0.25) is 0 Å². The highest BCUT2D eigenvalue weighted by Gasteiger charge is 2.27. The lowest BCUT2D eigenvalue weighted by Crippen LogP contribution is -2.24. The third-order valence-corrected chi connectivity index (χ3v) is 4.76. The largest absolute Gasteiger partial charge is 0.337 e. The van der Waals surface area contributed by atoms with Crippen molar-refractivity contribution in [2.75, 3.05) is 10.2 Å². The van der Waals surface area contributed by atoms with Gasteiger partial charge in [0.25, 0.3) is 5.91 Å². The second-order valence-corrected chi connectivity index (χ2v) is 6.57. The summed E-state index contributed by atoms with van der Waals surface area (Å²) in [5.74, 6) is -0.334. The second-order valence-electron chi connectivity index (χ2n) is 6.57. The zero-order chi connectivity index (χ0) is 18.8. The average Bonchev–Trinajstić information content (AvgIpc) is 3.04. The van der Waals surface area contributed by atoms with E-state index in [1.54, 1.807) is 36.5 Å². The van der Waals surface area contributed by atoms with Gasteiger partial charge in [-0.05, 0) is 49.2 Å². The van der Waals surface area contributed by atoms with Crippen LogP contribution in [0.2, 0.25) is 0 Å². The predicted molar refractivity (Wildman–Crippen MR) is 105 cm³/mol. The van der Waals surface area contributed by atoms with E-state index in [0.717, 1.165) is 12.1 Å². The summed E-state index contributed by atoms with van der Waals surface area (Å²) in [5, 5.41) is 11.9. The number of carbonyl (C=O) groups excluding carboxylic acids is 1. The molecule has 0 radical (unpaired) electrons. The summed E-state index contributed by atoms with van der Waals surface area (Å²) < 4.78 is 0. The number of nitriles is 1. The molecule has 2 heterocycles. The number of fused-ring (bicyclic) bond motifs is 1. The lowest BCUT2D eigenvalue weighted by atomic mass is 10.1. The van der Waals surface area contributed by atoms with Crippen LogP contribution in [0.15, 0.2) is 66.9 Å². The minimum atomic E-state index is -0.334. The molecule has 0 saturated carbocycles. The molecule has 0 bridgehead atoms. The zero-order valence-corrected chi connectivity index (χ0v) is 14.9. The van der Waals surface area contributed by atoms with E-state index >= 15 is 0 Å². The summed E-state index contributed by atoms with van der Waals surface area (Å²) in [7, 11) is 0. The molecule has 132 valence electrons. The molecule has 1 N–H and O–H groups in total. The number of amides is 1. The predicted octanol–water partition coefficient (Wildman–Crippen LogP) is 4.29. The van der Waals surface area contributed by atoms with Crippen LogP contribution in [0, 0.1) is 11.3 Å². The molecule has 1 unspecified atom stereocenters. The molecule has 1 atom stereocenters. The van der Waals surface area contributed by atoms with Crippen LogP contribution in [-0.4, -0.2) is 16.9 Å². The van der Waals surface area contributed by atoms with Gasteiger partial charge in [0.15, 0.2) is 0 Å². The SMILES string of the molecule is CC1Cc2ccccc2N1c1ccc(C(=O)Nc2ccccc2C#N)nc1. The number of nitrogens with zero attached hydrogens (tertiary/aromatic N) is 3. The fourth-order valence-corrected chi connectivity index (χ4v) is 3.50. The maximum Gasteiger partial charge on any atom is 0.274 e. The van der Waals surface area contributed by atoms with E-state index in [9.17, 15) is 4.79 Å². The molecule has 4 rings (SSSR count). The second kappa shape index (κ2) is 6.93. The topological polar surface area (TPSA) is 69.0 Å². The Hall–Kier alpha value is -3.65. The lowest BCUT2D eigenvalue weighted by Gasteiger charge is -2.24. The molecule has 1 aliphatic rings. The van der Waals surface area contributed by atoms with Crippen molar-refractivity contribution in [3.63, 3.8) is 0 Å². The number of aromatic nitrogens is 1. The van der Waals surface area contributed by atoms with Crippen LogP contribution < -0.4 is 10.2 Å². The molecule has 1 aromatic heterocycles. The van der Waals surface area contributed by atoms with Crippen molar-refractivity contribution in [3.05, 3.63) is 83.7 Å². The molecule has 5 heteroatoms. The van der Waals surface area contributed by atoms with Crippen LogP contribution in [0.4, 0.5) is 17.1 Å². The van der Waals surface area contributed by atoms with Crippen molar-refractivity contribution in [1.29, 1.82) is 5.26 Å². The Kier molecular flexibility index (Phi) is 4.31. The standard InChI is InChI=1S/C22H18N4O/c1-15-12-16-6-3-5-9-21(16)26(15)18-10-11-20(24-14-18)22(27)25-19-8-4-2-7-17(19)13-23/h2-11,14-15H,12H2,1H3,(H,25,27). The Morgan fingerprint density at radius 2 is 1.93 bits per heavy atom. The fraction of sp³-hybridized carbons (Fsp3) is 0.136. The Bertz CT molecular complexity index is 1040. The first-order chi connectivity index (χ1) is 13.2. The highest BCUT2D eigenvalue weighted by atomic mass is 16.1. The van der Waals surface area contributed by atoms with E-state index in [-0.39, 0.29) is 5.91 Å². The van der Waals surface area contributed by atoms with Gasteiger partial charge in [-0.3, -0.25) is 4.79 Å². The van der Waals surface area contributed by atoms with Crippen LogP contribution >= 0.6 is 0 Å². The average molecular weight is 354 g/mol. The van der Waals surface area contributed by atoms with Crippen molar-refractivity contribution in [1.82, 2.24) is 4.98 Å². The van der Waals surface area contributed by atoms with Crippen LogP contribution in [0.1, 0.15) is 28.5 Å². The Morgan fingerprint density at radius 1 is 1.15 bits per heavy atom. The first-order valence-electron chi connectivity index (χ1n) is 8.81. The molecule has 0 aliphatic carbocycles. The van der Waals surface area contributed by atoms with Gasteiger partial charge in [-0.1, -0.05) is 30.3 Å². The smallest absolute Gasteiger partial charge is 0.274 e. The van der Waals surface area contributed by atoms with Crippen LogP contribution in [0.5, 0.6) is 0 Å². The first-order valence-corrected chi connectivity index (χ1v) is 8.81. The maximum absolute atomic E-state index is 12.5. The summed E-state index contributed by atoms with van der Waals surface area (Å²) >= 11 is 0. The molecule has 0 saturated heterocycles. The Balaban J connectivity index is 1.56. The minimum absolute atomic E-state index is 0.312. The molecule has 3 aromatic rings. The van der Waals surface area contributed by atoms with E-state index < -0.39 is 0 Å². The normalized spacial score (nSPS) is 15.1. The Morgan fingerprint density at radius 3 is 2.70 bits per heavy atom. The van der Waals surface area contributed by atoms with E-state index in [0.29, 0.717) is 23.0 Å². The van der Waals surface area contributed by atoms with Crippen molar-refractivity contribution in [3.8, 4) is 6.07 Å². The summed E-state index contributed by atoms with van der Waals surface area (Å²) in [5.41, 5.74) is 4.68. The molecule has 0 fully saturated rings. The molecule has 1 aliphatic heterocycles. The number of pyridine rings is 1. The number of hydrogen-bond donors (Lipinski definition) is 1. The van der Waals surface area contributed by atoms with Crippen LogP contribution in [0.25, 0.3) is 0 Å². The van der Waals surface area contributed by atoms with Gasteiger partial charge in [0.05, 0.1) is 23.1 Å². The third kappa shape index (κ3) is 3.13. The van der Waals surface area contributed by atoms with Gasteiger partial charge in [-0.25, -0.2) is 4.98 Å². The van der Waals surface area contributed by atoms with E-state index in [1.807, 2.05) is 12.1 Å². The van der Waals surface area contributed by atoms with Crippen molar-refractivity contribution in [2.24, 2.45) is 0 Å². The van der Waals surface area contributed by atoms with E-state index in [2.05, 4.69) is 46.4 Å². The summed E-state index contributed by atoms with van der Waals surface area (Å²) in [6.45, 7) is 2.18. The quantitative estimate of drug-likeness (QED) is 0.762. The lowest BCUT2D eigenvalue weighted by molar-refractivity contribution is 0.102. The van der Waals surface area contributed by atoms with Gasteiger partial charge in [-0.2, -0.15) is 5.26 Å². The molecule has 1 amide bonds. The number of para-hydroxylation sites is 2. The zero-order valence-electron chi connectivity index (χ0n) is 14.9. The number of hydrogen-bond acceptors (Lipinski definition) is 4. The monoisotopic (exact) mass is 354 g/mol. The number of benzene rings is 2. The summed E-state index contributed by atoms with van der Waals surface area (Å²) in [6.07, 6.45) is 2.72. The van der Waals surface area contributed by atoms with Crippen LogP contribution in [-0.2, 0) is 6.42 Å². The van der Waals surface area contributed by atoms with Crippen molar-refractivity contribution >= 4 is 23.0 Å². The fourth-order valence-electron chi connectivity index (χ4n) is 3.50. The number of rotatable bonds is 3. The van der Waals surface area contributed by atoms with Gasteiger partial charge in [-0.15, -0.1) is 0 Å². The third-order valence-electron chi connectivity index (χ3n) is 4.76. The van der Waals surface area contributed by atoms with Gasteiger partial charge >= 0.3 is 0 Å². The molecule has 5 nitrogen and oxygen atoms in total. The van der Waals surface area contributed by atoms with Gasteiger partial charge in [0.1, 0.15) is 11.8 Å². The van der Waals surface area contributed by atoms with Crippen LogP contribution in [0.3, 0.4) is 0 Å². The summed E-state index contributed by atoms with van der Waals surface area (Å²) in [6, 6.07) is 21.3. The van der Waals surface area contributed by atoms with E-state index in [1.165, 1.54) is 11.3 Å². The highest BCUT2D eigenvalue weighted by Crippen LogP contribution is 2.37. The molecule has 27 heavy (non-hydrogen) atoms. The highest BCUT2D eigenvalue weighted by molar-refractivity contribution is 6.03. The molecular weight excluding hydrogens is 336 g/mol. The number of carbonyl (C=O) groups is 1. The molecule has 0 spiro atoms. The first kappa shape index (κ1) is 16.8. The van der Waals surface area contributed by atoms with Crippen molar-refractivity contribution in [2.45, 2.75) is 19.4 Å². The Labute approximate surface area is 157 Å². The van der Waals surface area contributed by atoms with E-state index in [4.69, 9.17) is 5.26 Å². The van der Waals surface area contributed by atoms with Gasteiger partial charge in [0, 0.05) is 11.7 Å². The number of nitrogens with one attached hydrogen (secondary N) is 1. The van der Waals surface area contributed by atoms with Crippen molar-refractivity contribution < 1.29 is 4.79 Å². The molecule has 2 aromatic carbocycles. The minimum Gasteiger partial charge on any atom is -0.337 e. The summed E-state index contributed by atoms with van der Waals surface area (Å²) in [4.78, 5) is 19.1. The number of anilines is 3. The maximum atomic E-state index is 12.5. The van der Waals surface area contributed by atoms with Gasteiger partial charge < -0.3 is 10.2 Å². The molecular formula is C22H18N4O.